The zero-order valence-corrected chi connectivity index (χ0v) is 18.7. The maximum atomic E-state index is 12.5. The second kappa shape index (κ2) is 9.38. The van der Waals surface area contributed by atoms with Crippen molar-refractivity contribution < 1.29 is 14.3 Å². The highest BCUT2D eigenvalue weighted by Crippen LogP contribution is 2.37. The van der Waals surface area contributed by atoms with Crippen LogP contribution in [0.3, 0.4) is 0 Å². The molecule has 0 bridgehead atoms. The molecule has 3 aromatic heterocycles. The molecule has 9 heteroatoms. The molecule has 0 aliphatic carbocycles. The number of amides is 1. The van der Waals surface area contributed by atoms with Crippen molar-refractivity contribution in [3.8, 4) is 32.6 Å². The molecule has 4 rings (SSSR count). The molecular formula is C21H19N3O3S3. The summed E-state index contributed by atoms with van der Waals surface area (Å²) in [5.74, 6) is 1.29. The molecule has 0 atom stereocenters. The Balaban J connectivity index is 1.48. The Morgan fingerprint density at radius 2 is 1.87 bits per heavy atom. The van der Waals surface area contributed by atoms with Gasteiger partial charge in [0.05, 0.1) is 41.1 Å². The van der Waals surface area contributed by atoms with Crippen molar-refractivity contribution in [2.75, 3.05) is 25.3 Å². The molecule has 0 aliphatic heterocycles. The molecule has 154 valence electrons. The Hall–Kier alpha value is -2.75. The predicted molar refractivity (Wildman–Crippen MR) is 124 cm³/mol. The standard InChI is InChI=1S/C21H19N3O3S3/c1-26-13-7-8-14(15(11-13)27-2)22-18(25)12-30-21-23-19(16-5-3-9-28-16)20(24-21)17-6-4-10-29-17/h3-11H,12H2,1-2H3,(H,22,25)(H,23,24). The first-order valence-corrected chi connectivity index (χ1v) is 11.7. The van der Waals surface area contributed by atoms with Gasteiger partial charge in [0.1, 0.15) is 17.2 Å². The van der Waals surface area contributed by atoms with Crippen LogP contribution in [0.5, 0.6) is 11.5 Å². The molecule has 6 nitrogen and oxygen atoms in total. The van der Waals surface area contributed by atoms with Crippen LogP contribution in [0, 0.1) is 0 Å². The van der Waals surface area contributed by atoms with E-state index < -0.39 is 0 Å². The number of anilines is 1. The van der Waals surface area contributed by atoms with E-state index in [2.05, 4.69) is 22.4 Å². The van der Waals surface area contributed by atoms with Gasteiger partial charge in [-0.15, -0.1) is 22.7 Å². The van der Waals surface area contributed by atoms with Crippen molar-refractivity contribution in [3.05, 3.63) is 53.2 Å². The van der Waals surface area contributed by atoms with Crippen molar-refractivity contribution >= 4 is 46.0 Å². The number of hydrogen-bond acceptors (Lipinski definition) is 7. The summed E-state index contributed by atoms with van der Waals surface area (Å²) >= 11 is 4.66. The number of benzene rings is 1. The number of thiophene rings is 2. The molecule has 0 spiro atoms. The van der Waals surface area contributed by atoms with Crippen LogP contribution in [0.2, 0.25) is 0 Å². The Kier molecular flexibility index (Phi) is 6.41. The highest BCUT2D eigenvalue weighted by molar-refractivity contribution is 7.99. The number of carbonyl (C=O) groups is 1. The molecule has 1 amide bonds. The molecular weight excluding hydrogens is 438 g/mol. The van der Waals surface area contributed by atoms with Gasteiger partial charge in [-0.25, -0.2) is 4.98 Å². The molecule has 0 saturated carbocycles. The van der Waals surface area contributed by atoms with E-state index in [1.807, 2.05) is 22.9 Å². The lowest BCUT2D eigenvalue weighted by Gasteiger charge is -2.11. The van der Waals surface area contributed by atoms with Gasteiger partial charge in [0.2, 0.25) is 5.91 Å². The fourth-order valence-electron chi connectivity index (χ4n) is 2.83. The number of nitrogens with one attached hydrogen (secondary N) is 2. The SMILES string of the molecule is COc1ccc(NC(=O)CSc2nc(-c3cccs3)c(-c3cccs3)[nH]2)c(OC)c1. The van der Waals surface area contributed by atoms with Gasteiger partial charge in [0.15, 0.2) is 5.16 Å². The average molecular weight is 458 g/mol. The quantitative estimate of drug-likeness (QED) is 0.336. The highest BCUT2D eigenvalue weighted by Gasteiger charge is 2.17. The summed E-state index contributed by atoms with van der Waals surface area (Å²) in [6, 6.07) is 13.4. The molecule has 0 saturated heterocycles. The van der Waals surface area contributed by atoms with E-state index in [4.69, 9.17) is 14.5 Å². The predicted octanol–water partition coefficient (Wildman–Crippen LogP) is 5.61. The topological polar surface area (TPSA) is 76.2 Å². The summed E-state index contributed by atoms with van der Waals surface area (Å²) in [5, 5.41) is 7.66. The molecule has 0 unspecified atom stereocenters. The van der Waals surface area contributed by atoms with Crippen LogP contribution in [0.4, 0.5) is 5.69 Å². The minimum atomic E-state index is -0.143. The molecule has 30 heavy (non-hydrogen) atoms. The number of aromatic nitrogens is 2. The van der Waals surface area contributed by atoms with E-state index in [9.17, 15) is 4.79 Å². The zero-order chi connectivity index (χ0) is 20.9. The van der Waals surface area contributed by atoms with Crippen LogP contribution >= 0.6 is 34.4 Å². The fourth-order valence-corrected chi connectivity index (χ4v) is 4.95. The first-order chi connectivity index (χ1) is 14.7. The van der Waals surface area contributed by atoms with E-state index >= 15 is 0 Å². The number of thioether (sulfide) groups is 1. The monoisotopic (exact) mass is 457 g/mol. The fraction of sp³-hybridized carbons (Fsp3) is 0.143. The van der Waals surface area contributed by atoms with Gasteiger partial charge < -0.3 is 19.8 Å². The van der Waals surface area contributed by atoms with E-state index in [0.29, 0.717) is 22.3 Å². The first-order valence-electron chi connectivity index (χ1n) is 9.00. The first kappa shape index (κ1) is 20.5. The highest BCUT2D eigenvalue weighted by atomic mass is 32.2. The van der Waals surface area contributed by atoms with E-state index in [1.165, 1.54) is 11.8 Å². The molecule has 0 radical (unpaired) electrons. The van der Waals surface area contributed by atoms with Gasteiger partial charge >= 0.3 is 0 Å². The van der Waals surface area contributed by atoms with Gasteiger partial charge in [-0.3, -0.25) is 4.79 Å². The van der Waals surface area contributed by atoms with E-state index in [0.717, 1.165) is 21.1 Å². The van der Waals surface area contributed by atoms with Crippen LogP contribution < -0.4 is 14.8 Å². The second-order valence-corrected chi connectivity index (χ2v) is 8.98. The third kappa shape index (κ3) is 4.53. The summed E-state index contributed by atoms with van der Waals surface area (Å²) in [7, 11) is 3.14. The van der Waals surface area contributed by atoms with Crippen molar-refractivity contribution in [1.82, 2.24) is 9.97 Å². The summed E-state index contributed by atoms with van der Waals surface area (Å²) in [6.07, 6.45) is 0. The van der Waals surface area contributed by atoms with E-state index in [1.54, 1.807) is 55.1 Å². The number of hydrogen-bond donors (Lipinski definition) is 2. The molecule has 2 N–H and O–H groups in total. The van der Waals surface area contributed by atoms with Crippen molar-refractivity contribution in [2.24, 2.45) is 0 Å². The summed E-state index contributed by atoms with van der Waals surface area (Å²) in [4.78, 5) is 22.8. The van der Waals surface area contributed by atoms with Crippen molar-refractivity contribution in [3.63, 3.8) is 0 Å². The zero-order valence-electron chi connectivity index (χ0n) is 16.3. The van der Waals surface area contributed by atoms with Crippen molar-refractivity contribution in [2.45, 2.75) is 5.16 Å². The lowest BCUT2D eigenvalue weighted by molar-refractivity contribution is -0.113. The van der Waals surface area contributed by atoms with Gasteiger partial charge in [0, 0.05) is 6.07 Å². The Bertz CT molecular complexity index is 1070. The number of ether oxygens (including phenoxy) is 2. The smallest absolute Gasteiger partial charge is 0.234 e. The number of nitrogens with zero attached hydrogens (tertiary/aromatic N) is 1. The second-order valence-electron chi connectivity index (χ2n) is 6.12. The molecule has 0 aliphatic rings. The molecule has 0 fully saturated rings. The van der Waals surface area contributed by atoms with Gasteiger partial charge in [-0.1, -0.05) is 23.9 Å². The van der Waals surface area contributed by atoms with Gasteiger partial charge in [0.25, 0.3) is 0 Å². The Morgan fingerprint density at radius 1 is 1.10 bits per heavy atom. The number of carbonyl (C=O) groups excluding carboxylic acids is 1. The molecule has 1 aromatic carbocycles. The van der Waals surface area contributed by atoms with Gasteiger partial charge in [-0.2, -0.15) is 0 Å². The maximum absolute atomic E-state index is 12.5. The largest absolute Gasteiger partial charge is 0.497 e. The normalized spacial score (nSPS) is 10.7. The molecule has 4 aromatic rings. The minimum absolute atomic E-state index is 0.143. The van der Waals surface area contributed by atoms with Crippen LogP contribution in [0.25, 0.3) is 21.1 Å². The van der Waals surface area contributed by atoms with Crippen LogP contribution in [0.1, 0.15) is 0 Å². The number of imidazole rings is 1. The summed E-state index contributed by atoms with van der Waals surface area (Å²) in [6.45, 7) is 0. The summed E-state index contributed by atoms with van der Waals surface area (Å²) < 4.78 is 10.5. The third-order valence-electron chi connectivity index (χ3n) is 4.23. The number of methoxy groups -OCH3 is 2. The number of rotatable bonds is 8. The van der Waals surface area contributed by atoms with Gasteiger partial charge in [-0.05, 0) is 35.0 Å². The number of aromatic amines is 1. The summed E-state index contributed by atoms with van der Waals surface area (Å²) in [5.41, 5.74) is 2.49. The maximum Gasteiger partial charge on any atom is 0.234 e. The van der Waals surface area contributed by atoms with E-state index in [-0.39, 0.29) is 11.7 Å². The van der Waals surface area contributed by atoms with Crippen molar-refractivity contribution in [1.29, 1.82) is 0 Å². The minimum Gasteiger partial charge on any atom is -0.497 e. The number of H-pyrrole nitrogens is 1. The lowest BCUT2D eigenvalue weighted by atomic mass is 10.2. The van der Waals surface area contributed by atoms with Crippen LogP contribution in [-0.2, 0) is 4.79 Å². The Labute approximate surface area is 186 Å². The lowest BCUT2D eigenvalue weighted by Crippen LogP contribution is -2.14. The average Bonchev–Trinajstić information content (AvgIpc) is 3.53. The van der Waals surface area contributed by atoms with Crippen LogP contribution in [-0.4, -0.2) is 35.8 Å². The molecule has 3 heterocycles. The Morgan fingerprint density at radius 3 is 2.53 bits per heavy atom. The third-order valence-corrected chi connectivity index (χ3v) is 6.86. The van der Waals surface area contributed by atoms with Crippen LogP contribution in [0.15, 0.2) is 58.4 Å².